The number of anilines is 4. The number of aryl methyl sites for hydroxylation is 9. The van der Waals surface area contributed by atoms with Crippen LogP contribution < -0.4 is 59.8 Å². The Balaban J connectivity index is 0.000000119. The van der Waals surface area contributed by atoms with Gasteiger partial charge in [0.1, 0.15) is 34.0 Å². The van der Waals surface area contributed by atoms with Crippen LogP contribution in [0.1, 0.15) is 86.4 Å². The molecule has 10 aromatic heterocycles. The number of fused-ring (bicyclic) bond motifs is 12. The van der Waals surface area contributed by atoms with Crippen LogP contribution in [0.5, 0.6) is 0 Å². The summed E-state index contributed by atoms with van der Waals surface area (Å²) < 4.78 is 78.3. The molecule has 14 nitrogen and oxygen atoms in total. The van der Waals surface area contributed by atoms with Crippen molar-refractivity contribution in [3.63, 3.8) is 0 Å². The van der Waals surface area contributed by atoms with E-state index in [9.17, 15) is 0 Å². The lowest BCUT2D eigenvalue weighted by atomic mass is 9.53. The molecule has 14 heterocycles. The minimum Gasteiger partial charge on any atom is -0.457 e. The van der Waals surface area contributed by atoms with Crippen LogP contribution >= 0.6 is 0 Å². The molecule has 0 aliphatic carbocycles. The average Bonchev–Trinajstić information content (AvgIpc) is 1.67. The molecule has 0 radical (unpaired) electrons. The summed E-state index contributed by atoms with van der Waals surface area (Å²) in [6.07, 6.45) is 19.6. The van der Waals surface area contributed by atoms with Gasteiger partial charge in [-0.2, -0.15) is 0 Å². The van der Waals surface area contributed by atoms with E-state index in [0.29, 0.717) is 22.6 Å². The topological polar surface area (TPSA) is 107 Å². The first-order valence-corrected chi connectivity index (χ1v) is 31.7. The number of allylic oxidation sites excluding steroid dienone is 4. The van der Waals surface area contributed by atoms with Crippen molar-refractivity contribution in [1.82, 2.24) is 9.97 Å². The summed E-state index contributed by atoms with van der Waals surface area (Å²) in [4.78, 5) is 17.8. The van der Waals surface area contributed by atoms with Gasteiger partial charge in [-0.3, -0.25) is 19.2 Å². The van der Waals surface area contributed by atoms with Crippen molar-refractivity contribution in [3.8, 4) is 0 Å². The van der Waals surface area contributed by atoms with E-state index >= 15 is 0 Å². The van der Waals surface area contributed by atoms with E-state index < -0.39 is 13.7 Å². The van der Waals surface area contributed by atoms with Crippen molar-refractivity contribution in [2.45, 2.75) is 89.5 Å². The first-order valence-electron chi connectivity index (χ1n) is 34.7. The number of para-hydroxylation sites is 2. The molecule has 12 aromatic rings. The number of hydrogen-bond acceptors (Lipinski definition) is 10. The lowest BCUT2D eigenvalue weighted by molar-refractivity contribution is -0.658. The predicted octanol–water partition coefficient (Wildman–Crippen LogP) is 12.2. The molecular formula is C75H80B4N10O4+4. The second-order valence-corrected chi connectivity index (χ2v) is 25.1. The van der Waals surface area contributed by atoms with Crippen LogP contribution in [0, 0.1) is 34.5 Å². The summed E-state index contributed by atoms with van der Waals surface area (Å²) in [7, 11) is 7.93. The molecular weight excluding hydrogens is 1150 g/mol. The fourth-order valence-electron chi connectivity index (χ4n) is 14.0. The fourth-order valence-corrected chi connectivity index (χ4v) is 14.0. The Labute approximate surface area is 555 Å². The molecule has 0 unspecified atom stereocenters. The van der Waals surface area contributed by atoms with Gasteiger partial charge >= 0.3 is 27.4 Å². The van der Waals surface area contributed by atoms with Crippen LogP contribution in [-0.4, -0.2) is 37.4 Å². The minimum atomic E-state index is -2.12. The van der Waals surface area contributed by atoms with Crippen LogP contribution in [-0.2, 0) is 28.2 Å². The quantitative estimate of drug-likeness (QED) is 0.125. The van der Waals surface area contributed by atoms with E-state index in [1.807, 2.05) is 97.7 Å². The van der Waals surface area contributed by atoms with Crippen molar-refractivity contribution in [2.75, 3.05) is 19.2 Å². The SMILES string of the molecule is CB1c2c(oc3ccccc23)C=C(C)N1c1cc(C)cc[n+]1C.CB1c2oc3ncccc3c2C=C(C)N1c1cc(C)cc[n+]1C.[2H]C([2H])([2H])c1c[n+](C)c(N2B(C)c3c(oc4ccccc34)C=C2C)cc1C.[2H]C([2H])([2H])c1ccc(N2B(C)c3oc4ncccc4c3C=C2C)[n+](C)c1. The Morgan fingerprint density at radius 2 is 0.828 bits per heavy atom. The Bertz CT molecular complexity index is 5320. The highest BCUT2D eigenvalue weighted by Gasteiger charge is 2.44. The van der Waals surface area contributed by atoms with Crippen molar-refractivity contribution in [3.05, 3.63) is 226 Å². The van der Waals surface area contributed by atoms with Gasteiger partial charge in [0.25, 0.3) is 23.3 Å². The third-order valence-electron chi connectivity index (χ3n) is 18.5. The molecule has 16 rings (SSSR count). The van der Waals surface area contributed by atoms with Crippen LogP contribution in [0.2, 0.25) is 27.3 Å². The Kier molecular flexibility index (Phi) is 14.4. The maximum atomic E-state index is 7.75. The first kappa shape index (κ1) is 54.6. The van der Waals surface area contributed by atoms with Gasteiger partial charge in [-0.05, 0) is 184 Å². The zero-order valence-electron chi connectivity index (χ0n) is 61.7. The van der Waals surface area contributed by atoms with Gasteiger partial charge in [-0.15, -0.1) is 0 Å². The predicted molar refractivity (Wildman–Crippen MR) is 384 cm³/mol. The number of furan rings is 4. The molecule has 2 aromatic carbocycles. The molecule has 93 heavy (non-hydrogen) atoms. The summed E-state index contributed by atoms with van der Waals surface area (Å²) in [5.41, 5.74) is 18.2. The average molecular weight is 1230 g/mol. The van der Waals surface area contributed by atoms with E-state index in [-0.39, 0.29) is 27.4 Å². The molecule has 462 valence electrons. The molecule has 0 bridgehead atoms. The molecule has 18 heteroatoms. The summed E-state index contributed by atoms with van der Waals surface area (Å²) >= 11 is 0. The molecule has 0 fully saturated rings. The van der Waals surface area contributed by atoms with E-state index in [1.165, 1.54) is 39.2 Å². The minimum absolute atomic E-state index is 0.0333. The fraction of sp³-hybridized carbons (Fsp3) is 0.227. The molecule has 0 N–H and O–H groups in total. The molecule has 4 aliphatic rings. The van der Waals surface area contributed by atoms with E-state index in [4.69, 9.17) is 25.9 Å². The lowest BCUT2D eigenvalue weighted by Gasteiger charge is -2.27. The smallest absolute Gasteiger partial charge is 0.447 e. The van der Waals surface area contributed by atoms with E-state index in [2.05, 4.69) is 200 Å². The van der Waals surface area contributed by atoms with Crippen molar-refractivity contribution in [2.24, 2.45) is 28.2 Å². The molecule has 0 amide bonds. The number of nitrogens with zero attached hydrogens (tertiary/aromatic N) is 10. The zero-order chi connectivity index (χ0) is 70.4. The van der Waals surface area contributed by atoms with Gasteiger partial charge in [-0.25, -0.2) is 28.2 Å². The van der Waals surface area contributed by atoms with E-state index in [0.717, 1.165) is 101 Å². The van der Waals surface area contributed by atoms with Gasteiger partial charge in [-0.1, -0.05) is 36.4 Å². The summed E-state index contributed by atoms with van der Waals surface area (Å²) in [5, 5.41) is 4.42. The summed E-state index contributed by atoms with van der Waals surface area (Å²) in [5.74, 6) is 6.10. The van der Waals surface area contributed by atoms with Crippen molar-refractivity contribution >= 4 is 141 Å². The van der Waals surface area contributed by atoms with Crippen LogP contribution in [0.4, 0.5) is 23.3 Å². The number of rotatable bonds is 4. The van der Waals surface area contributed by atoms with Crippen LogP contribution in [0.3, 0.4) is 0 Å². The third kappa shape index (κ3) is 11.1. The maximum Gasteiger partial charge on any atom is 0.447 e. The van der Waals surface area contributed by atoms with Gasteiger partial charge < -0.3 is 17.7 Å². The molecule has 0 atom stereocenters. The van der Waals surface area contributed by atoms with Crippen molar-refractivity contribution < 1.29 is 44.2 Å². The molecule has 4 aliphatic heterocycles. The maximum absolute atomic E-state index is 7.75. The molecule has 0 saturated carbocycles. The highest BCUT2D eigenvalue weighted by Crippen LogP contribution is 2.34. The Hall–Kier alpha value is -10.1. The second kappa shape index (κ2) is 24.5. The van der Waals surface area contributed by atoms with Gasteiger partial charge in [0.2, 0.25) is 11.4 Å². The Morgan fingerprint density at radius 3 is 1.30 bits per heavy atom. The third-order valence-corrected chi connectivity index (χ3v) is 18.5. The monoisotopic (exact) mass is 1230 g/mol. The van der Waals surface area contributed by atoms with Gasteiger partial charge in [0.05, 0.1) is 75.8 Å². The molecule has 0 spiro atoms. The summed E-state index contributed by atoms with van der Waals surface area (Å²) in [6, 6.07) is 38.5. The molecule has 0 saturated heterocycles. The zero-order valence-corrected chi connectivity index (χ0v) is 55.7. The number of hydrogen-bond donors (Lipinski definition) is 0. The highest BCUT2D eigenvalue weighted by molar-refractivity contribution is 6.80. The van der Waals surface area contributed by atoms with Crippen LogP contribution in [0.25, 0.3) is 68.4 Å². The standard InChI is InChI=1S/C20H22BN2O.C19H20BN2O.2C18H19BN3O/c1-13-10-19(22(5)12-14(13)2)23-15(3)11-18-20(21(23)4)16-8-6-7-9-17(16)24-18;1-13-9-10-21(4)18(11-13)22-14(2)12-17-19(20(22)3)15-7-5-6-8-16(15)23-17;1-12-7-8-16(21(4)11-12)22-13(2)10-15-14-6-5-9-20-18(14)23-17(15)19(22)3;1-12-7-9-21(4)16(10-12)22-13(2)11-15-14-6-5-8-20-18(14)23-17(15)19(22)3/h6-12H,1-5H3;5-12H,1-4H3;2*5-11H,1-4H3/q4*+1/i2D3;;1D3;. The van der Waals surface area contributed by atoms with E-state index in [1.54, 1.807) is 30.9 Å². The van der Waals surface area contributed by atoms with Gasteiger partial charge in [0.15, 0.2) is 0 Å². The highest BCUT2D eigenvalue weighted by atomic mass is 16.4. The van der Waals surface area contributed by atoms with Gasteiger partial charge in [0, 0.05) is 101 Å². The summed E-state index contributed by atoms with van der Waals surface area (Å²) in [6.45, 7) is 19.3. The Morgan fingerprint density at radius 1 is 0.398 bits per heavy atom. The normalized spacial score (nSPS) is 15.4. The second-order valence-electron chi connectivity index (χ2n) is 25.1. The number of aromatic nitrogens is 6. The first-order chi connectivity index (χ1) is 47.1. The number of pyridine rings is 6. The van der Waals surface area contributed by atoms with Crippen molar-refractivity contribution in [1.29, 1.82) is 0 Å². The van der Waals surface area contributed by atoms with Crippen LogP contribution in [0.15, 0.2) is 193 Å². The lowest BCUT2D eigenvalue weighted by Crippen LogP contribution is -2.52. The number of benzene rings is 2. The largest absolute Gasteiger partial charge is 0.457 e.